The third kappa shape index (κ3) is 2.79. The van der Waals surface area contributed by atoms with Gasteiger partial charge in [-0.1, -0.05) is 0 Å². The van der Waals surface area contributed by atoms with E-state index in [9.17, 15) is 9.59 Å². The molecule has 0 aliphatic carbocycles. The number of hydrogen-bond donors (Lipinski definition) is 0. The van der Waals surface area contributed by atoms with Crippen LogP contribution in [-0.2, 0) is 9.59 Å². The van der Waals surface area contributed by atoms with Crippen molar-refractivity contribution in [3.8, 4) is 0 Å². The molecule has 7 heavy (non-hydrogen) atoms. The summed E-state index contributed by atoms with van der Waals surface area (Å²) >= 11 is 1.40. The molecule has 0 aliphatic heterocycles. The molecule has 0 aromatic carbocycles. The van der Waals surface area contributed by atoms with Crippen LogP contribution in [0.25, 0.3) is 0 Å². The van der Waals surface area contributed by atoms with Crippen molar-refractivity contribution in [3.05, 3.63) is 0 Å². The molecule has 2 nitrogen and oxygen atoms in total. The Bertz CT molecular complexity index is 101. The monoisotopic (exact) mass is 208 g/mol. The normalized spacial score (nSPS) is 8.14. The van der Waals surface area contributed by atoms with E-state index in [1.165, 1.54) is 22.6 Å². The molecule has 0 spiro atoms. The van der Waals surface area contributed by atoms with Crippen LogP contribution in [-0.4, -0.2) is 17.4 Å². The summed E-state index contributed by atoms with van der Waals surface area (Å²) in [7, 11) is 4.80. The molecule has 0 amide bonds. The quantitative estimate of drug-likeness (QED) is 0.279. The van der Waals surface area contributed by atoms with Crippen LogP contribution in [0.1, 0.15) is 0 Å². The van der Waals surface area contributed by atoms with Gasteiger partial charge in [-0.25, -0.2) is 0 Å². The van der Waals surface area contributed by atoms with Crippen LogP contribution in [0.15, 0.2) is 0 Å². The van der Waals surface area contributed by atoms with Gasteiger partial charge in [-0.3, -0.25) is 9.59 Å². The smallest absolute Gasteiger partial charge is 0.256 e. The first-order valence-electron chi connectivity index (χ1n) is 1.61. The highest BCUT2D eigenvalue weighted by Crippen LogP contribution is 1.88. The molecular weight excluding hydrogens is 206 g/mol. The summed E-state index contributed by atoms with van der Waals surface area (Å²) in [6.45, 7) is 0. The number of hydrogen-bond acceptors (Lipinski definition) is 2. The molecule has 0 saturated carbocycles. The first-order chi connectivity index (χ1) is 3.18. The molecule has 2 radical (unpaired) electrons. The first kappa shape index (κ1) is 7.13. The zero-order valence-electron chi connectivity index (χ0n) is 3.48. The number of rotatable bonds is 2. The predicted octanol–water partition coefficient (Wildman–Crippen LogP) is 0.104. The van der Waals surface area contributed by atoms with Crippen LogP contribution in [0.2, 0.25) is 6.32 Å². The summed E-state index contributed by atoms with van der Waals surface area (Å²) in [6.07, 6.45) is -0.179. The summed E-state index contributed by atoms with van der Waals surface area (Å²) in [5.74, 6) is -0.527. The molecular formula is C3H2BIO2. The molecule has 0 unspecified atom stereocenters. The van der Waals surface area contributed by atoms with E-state index in [-0.39, 0.29) is 6.32 Å². The minimum atomic E-state index is -0.527. The van der Waals surface area contributed by atoms with Crippen LogP contribution in [0.4, 0.5) is 0 Å². The minimum Gasteiger partial charge on any atom is -0.291 e. The molecule has 4 heteroatoms. The van der Waals surface area contributed by atoms with E-state index in [2.05, 4.69) is 0 Å². The van der Waals surface area contributed by atoms with Gasteiger partial charge in [0, 0.05) is 22.6 Å². The second-order valence-electron chi connectivity index (χ2n) is 0.901. The Morgan fingerprint density at radius 2 is 2.00 bits per heavy atom. The zero-order chi connectivity index (χ0) is 5.86. The Labute approximate surface area is 56.2 Å². The standard InChI is InChI=1S/C3H2BIO2/c4-1-2(6)3(5)7/h1H2. The lowest BCUT2D eigenvalue weighted by Crippen LogP contribution is -2.03. The fourth-order valence-electron chi connectivity index (χ4n) is 0.0802. The number of ketones is 1. The molecule has 0 atom stereocenters. The molecule has 0 bridgehead atoms. The van der Waals surface area contributed by atoms with Crippen LogP contribution >= 0.6 is 22.6 Å². The van der Waals surface area contributed by atoms with Gasteiger partial charge in [0.05, 0.1) is 7.85 Å². The van der Waals surface area contributed by atoms with Crippen molar-refractivity contribution in [3.63, 3.8) is 0 Å². The summed E-state index contributed by atoms with van der Waals surface area (Å²) < 4.78 is -0.500. The summed E-state index contributed by atoms with van der Waals surface area (Å²) in [4.78, 5) is 20.0. The van der Waals surface area contributed by atoms with Gasteiger partial charge in [-0.15, -0.1) is 0 Å². The van der Waals surface area contributed by atoms with Crippen molar-refractivity contribution in [1.29, 1.82) is 0 Å². The average Bonchev–Trinajstić information content (AvgIpc) is 1.65. The minimum absolute atomic E-state index is 0.179. The third-order valence-electron chi connectivity index (χ3n) is 0.405. The van der Waals surface area contributed by atoms with Gasteiger partial charge in [0.25, 0.3) is 3.79 Å². The highest BCUT2D eigenvalue weighted by Gasteiger charge is 2.02. The first-order valence-corrected chi connectivity index (χ1v) is 2.69. The van der Waals surface area contributed by atoms with E-state index >= 15 is 0 Å². The molecule has 0 fully saturated rings. The van der Waals surface area contributed by atoms with E-state index < -0.39 is 9.57 Å². The summed E-state index contributed by atoms with van der Waals surface area (Å²) in [6, 6.07) is 0. The van der Waals surface area contributed by atoms with Crippen molar-refractivity contribution in [1.82, 2.24) is 0 Å². The predicted molar refractivity (Wildman–Crippen MR) is 34.6 cm³/mol. The molecule has 0 heterocycles. The second-order valence-corrected chi connectivity index (χ2v) is 1.88. The molecule has 0 N–H and O–H groups in total. The van der Waals surface area contributed by atoms with Crippen LogP contribution in [0, 0.1) is 0 Å². The van der Waals surface area contributed by atoms with Gasteiger partial charge in [0.1, 0.15) is 0 Å². The Morgan fingerprint density at radius 1 is 1.57 bits per heavy atom. The van der Waals surface area contributed by atoms with Gasteiger partial charge in [-0.05, 0) is 6.32 Å². The van der Waals surface area contributed by atoms with Crippen molar-refractivity contribution >= 4 is 40.0 Å². The van der Waals surface area contributed by atoms with Gasteiger partial charge in [0.2, 0.25) is 0 Å². The van der Waals surface area contributed by atoms with Crippen molar-refractivity contribution in [2.75, 3.05) is 0 Å². The maximum atomic E-state index is 10.0. The zero-order valence-corrected chi connectivity index (χ0v) is 5.64. The van der Waals surface area contributed by atoms with Crippen LogP contribution in [0.3, 0.4) is 0 Å². The van der Waals surface area contributed by atoms with E-state index in [0.717, 1.165) is 0 Å². The topological polar surface area (TPSA) is 34.1 Å². The molecule has 0 rings (SSSR count). The van der Waals surface area contributed by atoms with Crippen LogP contribution < -0.4 is 0 Å². The lowest BCUT2D eigenvalue weighted by Gasteiger charge is -1.79. The fraction of sp³-hybridized carbons (Fsp3) is 0.333. The van der Waals surface area contributed by atoms with E-state index in [1.54, 1.807) is 0 Å². The lowest BCUT2D eigenvalue weighted by molar-refractivity contribution is -0.129. The highest BCUT2D eigenvalue weighted by atomic mass is 127. The third-order valence-corrected chi connectivity index (χ3v) is 1.01. The van der Waals surface area contributed by atoms with Crippen molar-refractivity contribution in [2.45, 2.75) is 6.32 Å². The lowest BCUT2D eigenvalue weighted by atomic mass is 10.0. The Hall–Kier alpha value is 0.135. The van der Waals surface area contributed by atoms with Crippen molar-refractivity contribution in [2.24, 2.45) is 0 Å². The molecule has 0 aliphatic rings. The Morgan fingerprint density at radius 3 is 2.00 bits per heavy atom. The Balaban J connectivity index is 3.58. The van der Waals surface area contributed by atoms with E-state index in [4.69, 9.17) is 7.85 Å². The van der Waals surface area contributed by atoms with Gasteiger partial charge >= 0.3 is 0 Å². The largest absolute Gasteiger partial charge is 0.291 e. The summed E-state index contributed by atoms with van der Waals surface area (Å²) in [5.41, 5.74) is 0. The average molecular weight is 208 g/mol. The van der Waals surface area contributed by atoms with E-state index in [0.29, 0.717) is 0 Å². The van der Waals surface area contributed by atoms with E-state index in [1.807, 2.05) is 0 Å². The number of halogens is 1. The SMILES string of the molecule is [B]CC(=O)C(=O)I. The summed E-state index contributed by atoms with van der Waals surface area (Å²) in [5, 5.41) is 0. The molecule has 36 valence electrons. The Kier molecular flexibility index (Phi) is 3.24. The maximum absolute atomic E-state index is 10.0. The number of Topliss-reactive ketones (excluding diaryl/α,β-unsaturated/α-hetero) is 1. The van der Waals surface area contributed by atoms with Gasteiger partial charge < -0.3 is 0 Å². The van der Waals surface area contributed by atoms with Crippen molar-refractivity contribution < 1.29 is 9.59 Å². The molecule has 0 saturated heterocycles. The molecule has 0 aromatic heterocycles. The second kappa shape index (κ2) is 3.18. The maximum Gasteiger partial charge on any atom is 0.256 e. The fourth-order valence-corrected chi connectivity index (χ4v) is 0.300. The number of carbonyl (C=O) groups excluding carboxylic acids is 2. The molecule has 0 aromatic rings. The van der Waals surface area contributed by atoms with Crippen LogP contribution in [0.5, 0.6) is 0 Å². The number of carbonyl (C=O) groups is 2. The van der Waals surface area contributed by atoms with Gasteiger partial charge in [-0.2, -0.15) is 0 Å². The highest BCUT2D eigenvalue weighted by molar-refractivity contribution is 14.1. The van der Waals surface area contributed by atoms with Gasteiger partial charge in [0.15, 0.2) is 5.78 Å².